The molecular weight excluding hydrogens is 380 g/mol. The van der Waals surface area contributed by atoms with Crippen molar-refractivity contribution >= 4 is 12.1 Å². The lowest BCUT2D eigenvalue weighted by atomic mass is 10.2. The van der Waals surface area contributed by atoms with Gasteiger partial charge in [-0.05, 0) is 33.3 Å². The lowest BCUT2D eigenvalue weighted by Crippen LogP contribution is -2.42. The second-order valence-corrected chi connectivity index (χ2v) is 7.82. The summed E-state index contributed by atoms with van der Waals surface area (Å²) in [6.45, 7) is 10.7. The number of amides is 1. The summed E-state index contributed by atoms with van der Waals surface area (Å²) >= 11 is 0. The summed E-state index contributed by atoms with van der Waals surface area (Å²) in [5.74, 6) is 1.72. The first-order chi connectivity index (χ1) is 14.4. The van der Waals surface area contributed by atoms with Crippen LogP contribution in [0.15, 0.2) is 47.7 Å². The lowest BCUT2D eigenvalue weighted by molar-refractivity contribution is 0.0529. The quantitative estimate of drug-likeness (QED) is 0.333. The Morgan fingerprint density at radius 3 is 2.57 bits per heavy atom. The SMILES string of the molecule is CCNC(=NCCc1nccn1Cc1ccccc1)NCCNC(=O)OC(C)(C)C. The predicted octanol–water partition coefficient (Wildman–Crippen LogP) is 2.55. The molecule has 8 nitrogen and oxygen atoms in total. The van der Waals surface area contributed by atoms with Gasteiger partial charge in [-0.1, -0.05) is 30.3 Å². The van der Waals surface area contributed by atoms with Crippen molar-refractivity contribution in [3.05, 3.63) is 54.1 Å². The fourth-order valence-electron chi connectivity index (χ4n) is 2.76. The number of nitrogens with zero attached hydrogens (tertiary/aromatic N) is 3. The van der Waals surface area contributed by atoms with Crippen LogP contribution >= 0.6 is 0 Å². The highest BCUT2D eigenvalue weighted by Gasteiger charge is 2.15. The van der Waals surface area contributed by atoms with Crippen molar-refractivity contribution in [2.24, 2.45) is 4.99 Å². The van der Waals surface area contributed by atoms with Crippen LogP contribution in [0.25, 0.3) is 0 Å². The van der Waals surface area contributed by atoms with Crippen molar-refractivity contribution in [1.82, 2.24) is 25.5 Å². The number of alkyl carbamates (subject to hydrolysis) is 1. The normalized spacial score (nSPS) is 11.8. The molecule has 1 heterocycles. The summed E-state index contributed by atoms with van der Waals surface area (Å²) in [5, 5.41) is 9.15. The van der Waals surface area contributed by atoms with Crippen LogP contribution in [0, 0.1) is 0 Å². The van der Waals surface area contributed by atoms with Crippen molar-refractivity contribution in [3.63, 3.8) is 0 Å². The van der Waals surface area contributed by atoms with E-state index in [1.807, 2.05) is 58.3 Å². The molecule has 1 amide bonds. The standard InChI is InChI=1S/C22H34N6O2/c1-5-23-20(26-13-14-27-21(29)30-22(2,3)4)25-12-11-19-24-15-16-28(19)17-18-9-7-6-8-10-18/h6-10,15-16H,5,11-14,17H2,1-4H3,(H,27,29)(H2,23,25,26). The second kappa shape index (κ2) is 11.8. The van der Waals surface area contributed by atoms with Gasteiger partial charge < -0.3 is 25.3 Å². The number of nitrogens with one attached hydrogen (secondary N) is 3. The Morgan fingerprint density at radius 1 is 1.13 bits per heavy atom. The highest BCUT2D eigenvalue weighted by Crippen LogP contribution is 2.07. The van der Waals surface area contributed by atoms with Gasteiger partial charge in [0.1, 0.15) is 11.4 Å². The van der Waals surface area contributed by atoms with E-state index in [4.69, 9.17) is 4.74 Å². The molecule has 8 heteroatoms. The lowest BCUT2D eigenvalue weighted by Gasteiger charge is -2.19. The number of aromatic nitrogens is 2. The molecule has 0 spiro atoms. The molecule has 2 aromatic rings. The van der Waals surface area contributed by atoms with Gasteiger partial charge in [0.15, 0.2) is 5.96 Å². The third-order valence-corrected chi connectivity index (χ3v) is 4.03. The van der Waals surface area contributed by atoms with Crippen LogP contribution < -0.4 is 16.0 Å². The molecule has 0 saturated heterocycles. The summed E-state index contributed by atoms with van der Waals surface area (Å²) < 4.78 is 7.37. The van der Waals surface area contributed by atoms with Gasteiger partial charge in [0.2, 0.25) is 0 Å². The van der Waals surface area contributed by atoms with E-state index in [1.165, 1.54) is 5.56 Å². The topological polar surface area (TPSA) is 92.6 Å². The van der Waals surface area contributed by atoms with Crippen molar-refractivity contribution in [1.29, 1.82) is 0 Å². The number of ether oxygens (including phenoxy) is 1. The van der Waals surface area contributed by atoms with Crippen LogP contribution in [0.4, 0.5) is 4.79 Å². The summed E-state index contributed by atoms with van der Waals surface area (Å²) in [4.78, 5) is 20.8. The van der Waals surface area contributed by atoms with E-state index in [0.717, 1.165) is 25.3 Å². The Labute approximate surface area is 179 Å². The van der Waals surface area contributed by atoms with E-state index >= 15 is 0 Å². The average Bonchev–Trinajstić information content (AvgIpc) is 3.11. The molecule has 0 bridgehead atoms. The molecule has 2 rings (SSSR count). The van der Waals surface area contributed by atoms with Gasteiger partial charge in [-0.25, -0.2) is 9.78 Å². The number of aliphatic imine (C=N–C) groups is 1. The maximum absolute atomic E-state index is 11.7. The fraction of sp³-hybridized carbons (Fsp3) is 0.500. The highest BCUT2D eigenvalue weighted by molar-refractivity contribution is 5.79. The van der Waals surface area contributed by atoms with Crippen molar-refractivity contribution < 1.29 is 9.53 Å². The zero-order chi connectivity index (χ0) is 21.8. The molecule has 0 fully saturated rings. The van der Waals surface area contributed by atoms with E-state index in [0.29, 0.717) is 25.6 Å². The number of benzene rings is 1. The Hall–Kier alpha value is -3.03. The Kier molecular flexibility index (Phi) is 9.18. The molecule has 0 aliphatic heterocycles. The molecular formula is C22H34N6O2. The van der Waals surface area contributed by atoms with Crippen LogP contribution in [0.2, 0.25) is 0 Å². The third-order valence-electron chi connectivity index (χ3n) is 4.03. The van der Waals surface area contributed by atoms with Crippen LogP contribution in [0.1, 0.15) is 39.1 Å². The van der Waals surface area contributed by atoms with Crippen LogP contribution in [-0.2, 0) is 17.7 Å². The highest BCUT2D eigenvalue weighted by atomic mass is 16.6. The molecule has 1 aromatic carbocycles. The minimum atomic E-state index is -0.500. The molecule has 0 unspecified atom stereocenters. The van der Waals surface area contributed by atoms with Gasteiger partial charge in [0.25, 0.3) is 0 Å². The number of hydrogen-bond donors (Lipinski definition) is 3. The van der Waals surface area contributed by atoms with Crippen LogP contribution in [-0.4, -0.2) is 53.4 Å². The number of carbonyl (C=O) groups excluding carboxylic acids is 1. The first-order valence-corrected chi connectivity index (χ1v) is 10.4. The Bertz CT molecular complexity index is 795. The van der Waals surface area contributed by atoms with Crippen LogP contribution in [0.3, 0.4) is 0 Å². The summed E-state index contributed by atoms with van der Waals surface area (Å²) in [7, 11) is 0. The van der Waals surface area contributed by atoms with Crippen molar-refractivity contribution in [2.75, 3.05) is 26.2 Å². The number of guanidine groups is 1. The zero-order valence-corrected chi connectivity index (χ0v) is 18.4. The summed E-state index contributed by atoms with van der Waals surface area (Å²) in [6, 6.07) is 10.3. The first-order valence-electron chi connectivity index (χ1n) is 10.4. The average molecular weight is 415 g/mol. The predicted molar refractivity (Wildman–Crippen MR) is 120 cm³/mol. The molecule has 3 N–H and O–H groups in total. The minimum Gasteiger partial charge on any atom is -0.444 e. The Morgan fingerprint density at radius 2 is 1.87 bits per heavy atom. The molecule has 164 valence electrons. The molecule has 0 saturated carbocycles. The number of carbonyl (C=O) groups is 1. The van der Waals surface area contributed by atoms with Gasteiger partial charge in [-0.15, -0.1) is 0 Å². The van der Waals surface area contributed by atoms with E-state index in [9.17, 15) is 4.79 Å². The van der Waals surface area contributed by atoms with Gasteiger partial charge in [-0.3, -0.25) is 4.99 Å². The maximum Gasteiger partial charge on any atom is 0.407 e. The minimum absolute atomic E-state index is 0.420. The molecule has 0 aliphatic rings. The van der Waals surface area contributed by atoms with Gasteiger partial charge in [-0.2, -0.15) is 0 Å². The van der Waals surface area contributed by atoms with Crippen LogP contribution in [0.5, 0.6) is 0 Å². The van der Waals surface area contributed by atoms with E-state index in [1.54, 1.807) is 0 Å². The number of rotatable bonds is 9. The summed E-state index contributed by atoms with van der Waals surface area (Å²) in [6.07, 6.45) is 4.15. The second-order valence-electron chi connectivity index (χ2n) is 7.82. The molecule has 30 heavy (non-hydrogen) atoms. The maximum atomic E-state index is 11.7. The van der Waals surface area contributed by atoms with Crippen molar-refractivity contribution in [3.8, 4) is 0 Å². The largest absolute Gasteiger partial charge is 0.444 e. The Balaban J connectivity index is 1.78. The van der Waals surface area contributed by atoms with Crippen molar-refractivity contribution in [2.45, 2.75) is 46.3 Å². The number of hydrogen-bond acceptors (Lipinski definition) is 4. The van der Waals surface area contributed by atoms with E-state index in [-0.39, 0.29) is 0 Å². The monoisotopic (exact) mass is 414 g/mol. The molecule has 0 aliphatic carbocycles. The summed E-state index contributed by atoms with van der Waals surface area (Å²) in [5.41, 5.74) is 0.743. The zero-order valence-electron chi connectivity index (χ0n) is 18.4. The van der Waals surface area contributed by atoms with Gasteiger partial charge in [0.05, 0.1) is 0 Å². The van der Waals surface area contributed by atoms with Gasteiger partial charge in [0, 0.05) is 51.5 Å². The van der Waals surface area contributed by atoms with E-state index < -0.39 is 11.7 Å². The molecule has 0 radical (unpaired) electrons. The molecule has 1 aromatic heterocycles. The molecule has 0 atom stereocenters. The van der Waals surface area contributed by atoms with Gasteiger partial charge >= 0.3 is 6.09 Å². The smallest absolute Gasteiger partial charge is 0.407 e. The third kappa shape index (κ3) is 8.98. The van der Waals surface area contributed by atoms with E-state index in [2.05, 4.69) is 42.6 Å². The fourth-order valence-corrected chi connectivity index (χ4v) is 2.76. The first kappa shape index (κ1) is 23.3. The number of imidazole rings is 1.